The fourth-order valence-corrected chi connectivity index (χ4v) is 5.67. The number of hydrogen-bond donors (Lipinski definition) is 2. The number of nitrogens with zero attached hydrogens (tertiary/aromatic N) is 1. The molecule has 3 aromatic carbocycles. The number of nitrogens with two attached hydrogens (primary N) is 1. The summed E-state index contributed by atoms with van der Waals surface area (Å²) in [5.74, 6) is -0.255. The molecule has 36 heavy (non-hydrogen) atoms. The van der Waals surface area contributed by atoms with Crippen LogP contribution in [-0.2, 0) is 15.9 Å². The Morgan fingerprint density at radius 1 is 1.17 bits per heavy atom. The zero-order chi connectivity index (χ0) is 25.7. The Morgan fingerprint density at radius 2 is 1.92 bits per heavy atom. The summed E-state index contributed by atoms with van der Waals surface area (Å²) in [5.41, 5.74) is 3.48. The normalized spacial score (nSPS) is 25.8. The molecule has 0 radical (unpaired) electrons. The molecule has 3 aromatic rings. The predicted molar refractivity (Wildman–Crippen MR) is 125 cm³/mol. The molecule has 1 amide bonds. The Balaban J connectivity index is 1.85. The Morgan fingerprint density at radius 3 is 2.53 bits per heavy atom. The SMILES string of the molecule is COc1cc(OC)c2c(c1)OC1(c3ccc(C#N)cc3)C(c3cccc(F)c3)CC(OC(N)=O)C21O. The molecule has 1 aliphatic carbocycles. The molecule has 184 valence electrons. The molecule has 1 saturated carbocycles. The number of ether oxygens (including phenoxy) is 4. The van der Waals surface area contributed by atoms with E-state index in [1.54, 1.807) is 48.5 Å². The van der Waals surface area contributed by atoms with Gasteiger partial charge >= 0.3 is 6.09 Å². The number of hydrogen-bond acceptors (Lipinski definition) is 7. The highest BCUT2D eigenvalue weighted by molar-refractivity contribution is 5.67. The number of primary amides is 1. The number of benzene rings is 3. The summed E-state index contributed by atoms with van der Waals surface area (Å²) >= 11 is 0. The number of fused-ring (bicyclic) bond motifs is 3. The van der Waals surface area contributed by atoms with Crippen molar-refractivity contribution in [2.24, 2.45) is 5.73 Å². The van der Waals surface area contributed by atoms with Crippen LogP contribution < -0.4 is 19.9 Å². The van der Waals surface area contributed by atoms with Crippen LogP contribution in [-0.4, -0.2) is 31.5 Å². The lowest BCUT2D eigenvalue weighted by Crippen LogP contribution is -2.53. The van der Waals surface area contributed by atoms with Gasteiger partial charge in [0.2, 0.25) is 0 Å². The van der Waals surface area contributed by atoms with Crippen LogP contribution in [0.4, 0.5) is 9.18 Å². The topological polar surface area (TPSA) is 124 Å². The monoisotopic (exact) mass is 490 g/mol. The molecule has 9 heteroatoms. The van der Waals surface area contributed by atoms with E-state index in [-0.39, 0.29) is 23.5 Å². The number of carbonyl (C=O) groups excluding carboxylic acids is 1. The maximum atomic E-state index is 14.4. The van der Waals surface area contributed by atoms with Crippen molar-refractivity contribution in [2.75, 3.05) is 14.2 Å². The third-order valence-corrected chi connectivity index (χ3v) is 7.07. The number of rotatable bonds is 5. The molecule has 1 aliphatic heterocycles. The molecular weight excluding hydrogens is 467 g/mol. The van der Waals surface area contributed by atoms with Gasteiger partial charge < -0.3 is 29.8 Å². The highest BCUT2D eigenvalue weighted by atomic mass is 19.1. The van der Waals surface area contributed by atoms with Crippen LogP contribution in [0.3, 0.4) is 0 Å². The average molecular weight is 490 g/mol. The van der Waals surface area contributed by atoms with Gasteiger partial charge in [-0.2, -0.15) is 5.26 Å². The highest BCUT2D eigenvalue weighted by Gasteiger charge is 2.75. The Labute approximate surface area is 206 Å². The van der Waals surface area contributed by atoms with Gasteiger partial charge in [-0.15, -0.1) is 0 Å². The zero-order valence-electron chi connectivity index (χ0n) is 19.5. The van der Waals surface area contributed by atoms with Crippen molar-refractivity contribution in [3.05, 3.63) is 88.7 Å². The van der Waals surface area contributed by atoms with Gasteiger partial charge in [0, 0.05) is 18.1 Å². The summed E-state index contributed by atoms with van der Waals surface area (Å²) < 4.78 is 37.5. The first-order valence-electron chi connectivity index (χ1n) is 11.2. The van der Waals surface area contributed by atoms with E-state index in [9.17, 15) is 19.6 Å². The van der Waals surface area contributed by atoms with Crippen molar-refractivity contribution in [3.63, 3.8) is 0 Å². The van der Waals surface area contributed by atoms with Gasteiger partial charge in [0.15, 0.2) is 11.2 Å². The molecule has 4 unspecified atom stereocenters. The number of carbonyl (C=O) groups is 1. The molecule has 1 fully saturated rings. The molecule has 4 atom stereocenters. The lowest BCUT2D eigenvalue weighted by atomic mass is 9.71. The van der Waals surface area contributed by atoms with Gasteiger partial charge in [-0.25, -0.2) is 9.18 Å². The number of methoxy groups -OCH3 is 2. The Kier molecular flexibility index (Phi) is 5.49. The zero-order valence-corrected chi connectivity index (χ0v) is 19.5. The minimum atomic E-state index is -2.00. The molecule has 0 bridgehead atoms. The molecule has 5 rings (SSSR count). The fraction of sp³-hybridized carbons (Fsp3) is 0.259. The summed E-state index contributed by atoms with van der Waals surface area (Å²) in [7, 11) is 2.92. The number of aliphatic hydroxyl groups is 1. The van der Waals surface area contributed by atoms with Crippen molar-refractivity contribution in [1.29, 1.82) is 5.26 Å². The van der Waals surface area contributed by atoms with Gasteiger partial charge in [-0.3, -0.25) is 0 Å². The molecule has 2 aliphatic rings. The third kappa shape index (κ3) is 3.18. The number of amides is 1. The lowest BCUT2D eigenvalue weighted by Gasteiger charge is -2.41. The summed E-state index contributed by atoms with van der Waals surface area (Å²) in [6, 6.07) is 17.7. The van der Waals surface area contributed by atoms with E-state index in [0.29, 0.717) is 22.4 Å². The van der Waals surface area contributed by atoms with Gasteiger partial charge in [0.1, 0.15) is 29.2 Å². The summed E-state index contributed by atoms with van der Waals surface area (Å²) in [6.07, 6.45) is -2.19. The predicted octanol–water partition coefficient (Wildman–Crippen LogP) is 3.84. The van der Waals surface area contributed by atoms with E-state index in [0.717, 1.165) is 0 Å². The Hall–Kier alpha value is -4.29. The largest absolute Gasteiger partial charge is 0.496 e. The van der Waals surface area contributed by atoms with Gasteiger partial charge in [0.25, 0.3) is 0 Å². The summed E-state index contributed by atoms with van der Waals surface area (Å²) in [4.78, 5) is 12.0. The van der Waals surface area contributed by atoms with Crippen molar-refractivity contribution in [2.45, 2.75) is 29.6 Å². The van der Waals surface area contributed by atoms with Crippen LogP contribution in [0.1, 0.15) is 34.6 Å². The fourth-order valence-electron chi connectivity index (χ4n) is 5.67. The molecular formula is C27H23FN2O6. The quantitative estimate of drug-likeness (QED) is 0.557. The van der Waals surface area contributed by atoms with Crippen LogP contribution in [0.15, 0.2) is 60.7 Å². The van der Waals surface area contributed by atoms with E-state index < -0.39 is 35.1 Å². The van der Waals surface area contributed by atoms with Crippen LogP contribution in [0.25, 0.3) is 0 Å². The third-order valence-electron chi connectivity index (χ3n) is 7.07. The molecule has 0 saturated heterocycles. The molecule has 3 N–H and O–H groups in total. The van der Waals surface area contributed by atoms with E-state index >= 15 is 0 Å². The van der Waals surface area contributed by atoms with Gasteiger partial charge in [0.05, 0.1) is 31.4 Å². The van der Waals surface area contributed by atoms with Crippen LogP contribution in [0, 0.1) is 17.1 Å². The van der Waals surface area contributed by atoms with Gasteiger partial charge in [-0.05, 0) is 41.8 Å². The first kappa shape index (κ1) is 23.5. The minimum absolute atomic E-state index is 0.0670. The molecule has 8 nitrogen and oxygen atoms in total. The van der Waals surface area contributed by atoms with Gasteiger partial charge in [-0.1, -0.05) is 24.3 Å². The molecule has 0 spiro atoms. The van der Waals surface area contributed by atoms with Crippen molar-refractivity contribution in [3.8, 4) is 23.3 Å². The first-order valence-corrected chi connectivity index (χ1v) is 11.2. The molecule has 0 aromatic heterocycles. The Bertz CT molecular complexity index is 1390. The van der Waals surface area contributed by atoms with Crippen molar-refractivity contribution < 1.29 is 33.2 Å². The van der Waals surface area contributed by atoms with E-state index in [4.69, 9.17) is 24.7 Å². The smallest absolute Gasteiger partial charge is 0.404 e. The van der Waals surface area contributed by atoms with Crippen LogP contribution >= 0.6 is 0 Å². The average Bonchev–Trinajstić information content (AvgIpc) is 3.28. The van der Waals surface area contributed by atoms with E-state index in [1.807, 2.05) is 0 Å². The second kappa shape index (κ2) is 8.43. The van der Waals surface area contributed by atoms with E-state index in [2.05, 4.69) is 6.07 Å². The maximum absolute atomic E-state index is 14.4. The van der Waals surface area contributed by atoms with Crippen LogP contribution in [0.2, 0.25) is 0 Å². The maximum Gasteiger partial charge on any atom is 0.404 e. The minimum Gasteiger partial charge on any atom is -0.496 e. The second-order valence-electron chi connectivity index (χ2n) is 8.76. The van der Waals surface area contributed by atoms with Crippen LogP contribution in [0.5, 0.6) is 17.2 Å². The summed E-state index contributed by atoms with van der Waals surface area (Å²) in [6.45, 7) is 0. The standard InChI is InChI=1S/C27H23FN2O6/c1-33-19-11-21(34-2)24-22(12-19)36-27(17-8-6-15(14-29)7-9-17)20(16-4-3-5-18(28)10-16)13-23(26(24,27)32)35-25(30)31/h3-12,20,23,32H,13H2,1-2H3,(H2,30,31). The lowest BCUT2D eigenvalue weighted by molar-refractivity contribution is -0.150. The number of halogens is 1. The van der Waals surface area contributed by atoms with Crippen molar-refractivity contribution >= 4 is 6.09 Å². The summed E-state index contributed by atoms with van der Waals surface area (Å²) in [5, 5.41) is 22.0. The van der Waals surface area contributed by atoms with E-state index in [1.165, 1.54) is 26.4 Å². The number of nitriles is 1. The van der Waals surface area contributed by atoms with Crippen molar-refractivity contribution in [1.82, 2.24) is 0 Å². The molecule has 1 heterocycles. The highest BCUT2D eigenvalue weighted by Crippen LogP contribution is 2.69. The first-order chi connectivity index (χ1) is 17.3. The second-order valence-corrected chi connectivity index (χ2v) is 8.76.